The van der Waals surface area contributed by atoms with Crippen molar-refractivity contribution in [1.29, 1.82) is 0 Å². The van der Waals surface area contributed by atoms with Crippen LogP contribution < -0.4 is 16.0 Å². The lowest BCUT2D eigenvalue weighted by Crippen LogP contribution is -2.58. The van der Waals surface area contributed by atoms with E-state index in [1.807, 2.05) is 35.2 Å². The van der Waals surface area contributed by atoms with Gasteiger partial charge in [0, 0.05) is 38.2 Å². The van der Waals surface area contributed by atoms with Crippen LogP contribution in [0.3, 0.4) is 0 Å². The maximum Gasteiger partial charge on any atom is 0.220 e. The number of rotatable bonds is 3. The van der Waals surface area contributed by atoms with E-state index in [2.05, 4.69) is 34.0 Å². The number of benzene rings is 1. The van der Waals surface area contributed by atoms with E-state index in [4.69, 9.17) is 5.73 Å². The van der Waals surface area contributed by atoms with Gasteiger partial charge in [-0.15, -0.1) is 0 Å². The highest BCUT2D eigenvalue weighted by Gasteiger charge is 2.31. The number of carbonyl (C=O) groups excluding carboxylic acids is 1. The Kier molecular flexibility index (Phi) is 4.74. The van der Waals surface area contributed by atoms with Gasteiger partial charge in [0.05, 0.1) is 11.4 Å². The molecule has 2 heterocycles. The fourth-order valence-electron chi connectivity index (χ4n) is 3.47. The first-order valence-electron chi connectivity index (χ1n) is 8.43. The van der Waals surface area contributed by atoms with Gasteiger partial charge in [0.1, 0.15) is 18.0 Å². The standard InChI is InChI=1S/C18H24N6O/c1-12-9-23(10-13(2)24(12)14(3)25)18-8-17(20-11-21-18)22-16-7-5-4-6-15(16)19/h4-8,11-13H,9-10,19H2,1-3H3,(H,20,21,22)/t12-,13+. The minimum Gasteiger partial charge on any atom is -0.397 e. The van der Waals surface area contributed by atoms with Gasteiger partial charge in [-0.25, -0.2) is 9.97 Å². The van der Waals surface area contributed by atoms with Crippen LogP contribution in [0.2, 0.25) is 0 Å². The molecule has 0 bridgehead atoms. The maximum atomic E-state index is 11.8. The number of hydrogen-bond donors (Lipinski definition) is 2. The first-order valence-corrected chi connectivity index (χ1v) is 8.43. The summed E-state index contributed by atoms with van der Waals surface area (Å²) >= 11 is 0. The summed E-state index contributed by atoms with van der Waals surface area (Å²) in [5, 5.41) is 3.23. The minimum absolute atomic E-state index is 0.115. The lowest BCUT2D eigenvalue weighted by atomic mass is 10.1. The third-order valence-corrected chi connectivity index (χ3v) is 4.48. The molecule has 132 valence electrons. The van der Waals surface area contributed by atoms with Gasteiger partial charge in [-0.3, -0.25) is 4.79 Å². The molecule has 2 atom stereocenters. The molecule has 1 fully saturated rings. The number of hydrogen-bond acceptors (Lipinski definition) is 6. The molecule has 1 aliphatic rings. The van der Waals surface area contributed by atoms with Crippen LogP contribution in [0.4, 0.5) is 23.0 Å². The van der Waals surface area contributed by atoms with E-state index >= 15 is 0 Å². The quantitative estimate of drug-likeness (QED) is 0.833. The molecular weight excluding hydrogens is 316 g/mol. The lowest BCUT2D eigenvalue weighted by molar-refractivity contribution is -0.133. The summed E-state index contributed by atoms with van der Waals surface area (Å²) in [6, 6.07) is 9.75. The van der Waals surface area contributed by atoms with Crippen molar-refractivity contribution >= 4 is 28.9 Å². The predicted molar refractivity (Wildman–Crippen MR) is 99.8 cm³/mol. The Morgan fingerprint density at radius 1 is 1.20 bits per heavy atom. The van der Waals surface area contributed by atoms with Gasteiger partial charge in [-0.1, -0.05) is 12.1 Å². The largest absolute Gasteiger partial charge is 0.397 e. The number of nitrogen functional groups attached to an aromatic ring is 1. The Balaban J connectivity index is 1.78. The van der Waals surface area contributed by atoms with Crippen LogP contribution in [0.5, 0.6) is 0 Å². The first kappa shape index (κ1) is 17.0. The second-order valence-corrected chi connectivity index (χ2v) is 6.50. The molecule has 7 nitrogen and oxygen atoms in total. The Hall–Kier alpha value is -2.83. The second-order valence-electron chi connectivity index (χ2n) is 6.50. The molecule has 1 amide bonds. The molecule has 0 spiro atoms. The van der Waals surface area contributed by atoms with Crippen molar-refractivity contribution in [3.63, 3.8) is 0 Å². The summed E-state index contributed by atoms with van der Waals surface area (Å²) < 4.78 is 0. The van der Waals surface area contributed by atoms with E-state index < -0.39 is 0 Å². The molecule has 7 heteroatoms. The maximum absolute atomic E-state index is 11.8. The van der Waals surface area contributed by atoms with Crippen molar-refractivity contribution < 1.29 is 4.79 Å². The summed E-state index contributed by atoms with van der Waals surface area (Å²) in [4.78, 5) is 24.6. The normalized spacial score (nSPS) is 20.4. The number of amides is 1. The molecule has 1 aromatic carbocycles. The van der Waals surface area contributed by atoms with E-state index in [1.54, 1.807) is 13.3 Å². The Labute approximate surface area is 147 Å². The molecule has 0 radical (unpaired) electrons. The second kappa shape index (κ2) is 6.96. The number of anilines is 4. The molecule has 0 saturated carbocycles. The molecule has 3 N–H and O–H groups in total. The van der Waals surface area contributed by atoms with Crippen LogP contribution in [-0.2, 0) is 4.79 Å². The van der Waals surface area contributed by atoms with E-state index in [-0.39, 0.29) is 18.0 Å². The average Bonchev–Trinajstić information content (AvgIpc) is 2.56. The SMILES string of the molecule is CC(=O)N1[C@H](C)CN(c2cc(Nc3ccccc3N)ncn2)C[C@@H]1C. The Bertz CT molecular complexity index is 753. The number of aromatic nitrogens is 2. The van der Waals surface area contributed by atoms with E-state index in [0.717, 1.165) is 24.6 Å². The predicted octanol–water partition coefficient (Wildman–Crippen LogP) is 2.25. The zero-order chi connectivity index (χ0) is 18.0. The number of piperazine rings is 1. The fourth-order valence-corrected chi connectivity index (χ4v) is 3.47. The highest BCUT2D eigenvalue weighted by molar-refractivity contribution is 5.74. The van der Waals surface area contributed by atoms with E-state index in [9.17, 15) is 4.79 Å². The average molecular weight is 340 g/mol. The van der Waals surface area contributed by atoms with Crippen molar-refractivity contribution in [2.45, 2.75) is 32.9 Å². The number of carbonyl (C=O) groups is 1. The molecule has 1 saturated heterocycles. The summed E-state index contributed by atoms with van der Waals surface area (Å²) in [7, 11) is 0. The highest BCUT2D eigenvalue weighted by Crippen LogP contribution is 2.25. The van der Waals surface area contributed by atoms with Crippen molar-refractivity contribution in [1.82, 2.24) is 14.9 Å². The van der Waals surface area contributed by atoms with Crippen molar-refractivity contribution in [2.24, 2.45) is 0 Å². The number of nitrogens with zero attached hydrogens (tertiary/aromatic N) is 4. The van der Waals surface area contributed by atoms with Crippen molar-refractivity contribution in [3.8, 4) is 0 Å². The lowest BCUT2D eigenvalue weighted by Gasteiger charge is -2.44. The van der Waals surface area contributed by atoms with Crippen LogP contribution in [0.25, 0.3) is 0 Å². The summed E-state index contributed by atoms with van der Waals surface area (Å²) in [5.41, 5.74) is 7.46. The molecule has 25 heavy (non-hydrogen) atoms. The highest BCUT2D eigenvalue weighted by atomic mass is 16.2. The molecule has 1 aromatic heterocycles. The molecule has 3 rings (SSSR count). The van der Waals surface area contributed by atoms with Crippen LogP contribution in [-0.4, -0.2) is 45.9 Å². The fraction of sp³-hybridized carbons (Fsp3) is 0.389. The van der Waals surface area contributed by atoms with E-state index in [1.165, 1.54) is 0 Å². The van der Waals surface area contributed by atoms with Gasteiger partial charge in [0.2, 0.25) is 5.91 Å². The van der Waals surface area contributed by atoms with Crippen LogP contribution in [0, 0.1) is 0 Å². The molecule has 0 aliphatic carbocycles. The first-order chi connectivity index (χ1) is 12.0. The number of nitrogens with one attached hydrogen (secondary N) is 1. The molecule has 1 aliphatic heterocycles. The Morgan fingerprint density at radius 3 is 2.52 bits per heavy atom. The van der Waals surface area contributed by atoms with Gasteiger partial charge in [-0.05, 0) is 26.0 Å². The van der Waals surface area contributed by atoms with Gasteiger partial charge >= 0.3 is 0 Å². The third kappa shape index (κ3) is 3.65. The summed E-state index contributed by atoms with van der Waals surface area (Å²) in [6.07, 6.45) is 1.55. The van der Waals surface area contributed by atoms with Crippen LogP contribution in [0.15, 0.2) is 36.7 Å². The molecular formula is C18H24N6O. The van der Waals surface area contributed by atoms with Gasteiger partial charge in [0.15, 0.2) is 0 Å². The zero-order valence-electron chi connectivity index (χ0n) is 14.8. The van der Waals surface area contributed by atoms with Crippen LogP contribution in [0.1, 0.15) is 20.8 Å². The molecule has 2 aromatic rings. The number of para-hydroxylation sites is 2. The van der Waals surface area contributed by atoms with Gasteiger partial charge < -0.3 is 20.9 Å². The van der Waals surface area contributed by atoms with Gasteiger partial charge in [0.25, 0.3) is 0 Å². The monoisotopic (exact) mass is 340 g/mol. The van der Waals surface area contributed by atoms with Gasteiger partial charge in [-0.2, -0.15) is 0 Å². The smallest absolute Gasteiger partial charge is 0.220 e. The summed E-state index contributed by atoms with van der Waals surface area (Å²) in [6.45, 7) is 7.24. The zero-order valence-corrected chi connectivity index (χ0v) is 14.8. The van der Waals surface area contributed by atoms with E-state index in [0.29, 0.717) is 11.5 Å². The van der Waals surface area contributed by atoms with Crippen molar-refractivity contribution in [2.75, 3.05) is 29.0 Å². The van der Waals surface area contributed by atoms with Crippen LogP contribution >= 0.6 is 0 Å². The number of nitrogens with two attached hydrogens (primary N) is 1. The Morgan fingerprint density at radius 2 is 1.88 bits per heavy atom. The minimum atomic E-state index is 0.115. The van der Waals surface area contributed by atoms with Crippen molar-refractivity contribution in [3.05, 3.63) is 36.7 Å². The molecule has 0 unspecified atom stereocenters. The topological polar surface area (TPSA) is 87.4 Å². The summed E-state index contributed by atoms with van der Waals surface area (Å²) in [5.74, 6) is 1.65. The third-order valence-electron chi connectivity index (χ3n) is 4.48.